The third kappa shape index (κ3) is 2.23. The lowest BCUT2D eigenvalue weighted by atomic mass is 10.1. The minimum atomic E-state index is -0.137. The smallest absolute Gasteiger partial charge is 0.131 e. The Hall–Kier alpha value is -1.11. The SMILES string of the molecule is Cc1nn(C)c(N2CC(CO)OCC2C)c1CN. The number of hydrogen-bond acceptors (Lipinski definition) is 5. The number of morpholine rings is 1. The summed E-state index contributed by atoms with van der Waals surface area (Å²) in [6, 6.07) is 0.257. The first-order valence-electron chi connectivity index (χ1n) is 6.30. The quantitative estimate of drug-likeness (QED) is 0.779. The van der Waals surface area contributed by atoms with Crippen molar-refractivity contribution in [3.63, 3.8) is 0 Å². The molecule has 18 heavy (non-hydrogen) atoms. The molecule has 6 heteroatoms. The standard InChI is InChI=1S/C12H22N4O2/c1-8-7-18-10(6-17)5-16(8)12-11(4-13)9(2)14-15(12)3/h8,10,17H,4-7,13H2,1-3H3. The van der Waals surface area contributed by atoms with Gasteiger partial charge in [0, 0.05) is 25.7 Å². The molecule has 2 rings (SSSR count). The number of aromatic nitrogens is 2. The Kier molecular flexibility index (Phi) is 3.89. The highest BCUT2D eigenvalue weighted by atomic mass is 16.5. The largest absolute Gasteiger partial charge is 0.394 e. The summed E-state index contributed by atoms with van der Waals surface area (Å²) in [5, 5.41) is 13.7. The molecule has 0 spiro atoms. The number of rotatable bonds is 3. The fourth-order valence-electron chi connectivity index (χ4n) is 2.51. The van der Waals surface area contributed by atoms with E-state index >= 15 is 0 Å². The molecule has 2 atom stereocenters. The second-order valence-electron chi connectivity index (χ2n) is 4.85. The first kappa shape index (κ1) is 13.3. The molecule has 6 nitrogen and oxygen atoms in total. The number of nitrogens with zero attached hydrogens (tertiary/aromatic N) is 3. The molecular formula is C12H22N4O2. The van der Waals surface area contributed by atoms with Gasteiger partial charge in [0.15, 0.2) is 0 Å². The Labute approximate surface area is 107 Å². The highest BCUT2D eigenvalue weighted by Crippen LogP contribution is 2.27. The van der Waals surface area contributed by atoms with E-state index in [1.165, 1.54) is 0 Å². The van der Waals surface area contributed by atoms with Crippen LogP contribution in [0.15, 0.2) is 0 Å². The van der Waals surface area contributed by atoms with E-state index in [0.717, 1.165) is 17.1 Å². The molecule has 0 radical (unpaired) electrons. The number of ether oxygens (including phenoxy) is 1. The van der Waals surface area contributed by atoms with Gasteiger partial charge in [0.1, 0.15) is 5.82 Å². The summed E-state index contributed by atoms with van der Waals surface area (Å²) in [7, 11) is 1.93. The van der Waals surface area contributed by atoms with Crippen molar-refractivity contribution >= 4 is 5.82 Å². The molecule has 3 N–H and O–H groups in total. The second-order valence-corrected chi connectivity index (χ2v) is 4.85. The van der Waals surface area contributed by atoms with Crippen LogP contribution in [-0.2, 0) is 18.3 Å². The number of aliphatic hydroxyl groups is 1. The van der Waals surface area contributed by atoms with E-state index < -0.39 is 0 Å². The van der Waals surface area contributed by atoms with Gasteiger partial charge in [0.05, 0.1) is 31.1 Å². The van der Waals surface area contributed by atoms with Crippen molar-refractivity contribution in [2.75, 3.05) is 24.7 Å². The molecule has 1 saturated heterocycles. The van der Waals surface area contributed by atoms with E-state index in [0.29, 0.717) is 19.7 Å². The van der Waals surface area contributed by atoms with Crippen molar-refractivity contribution in [1.29, 1.82) is 0 Å². The minimum Gasteiger partial charge on any atom is -0.394 e. The summed E-state index contributed by atoms with van der Waals surface area (Å²) in [6.45, 7) is 5.88. The van der Waals surface area contributed by atoms with Crippen molar-refractivity contribution in [2.45, 2.75) is 32.5 Å². The van der Waals surface area contributed by atoms with Crippen LogP contribution in [-0.4, -0.2) is 46.8 Å². The van der Waals surface area contributed by atoms with Gasteiger partial charge in [-0.3, -0.25) is 4.68 Å². The van der Waals surface area contributed by atoms with Gasteiger partial charge in [-0.15, -0.1) is 0 Å². The van der Waals surface area contributed by atoms with Crippen LogP contribution >= 0.6 is 0 Å². The van der Waals surface area contributed by atoms with Crippen LogP contribution in [0.1, 0.15) is 18.2 Å². The highest BCUT2D eigenvalue weighted by molar-refractivity contribution is 5.51. The summed E-state index contributed by atoms with van der Waals surface area (Å²) in [5.41, 5.74) is 7.86. The lowest BCUT2D eigenvalue weighted by Gasteiger charge is -2.39. The summed E-state index contributed by atoms with van der Waals surface area (Å²) in [6.07, 6.45) is -0.137. The zero-order chi connectivity index (χ0) is 13.3. The Morgan fingerprint density at radius 1 is 1.56 bits per heavy atom. The Morgan fingerprint density at radius 2 is 2.28 bits per heavy atom. The van der Waals surface area contributed by atoms with E-state index in [1.54, 1.807) is 0 Å². The van der Waals surface area contributed by atoms with Crippen LogP contribution in [0.5, 0.6) is 0 Å². The Bertz CT molecular complexity index is 418. The number of aliphatic hydroxyl groups excluding tert-OH is 1. The predicted molar refractivity (Wildman–Crippen MR) is 69.5 cm³/mol. The first-order valence-corrected chi connectivity index (χ1v) is 6.30. The van der Waals surface area contributed by atoms with Crippen molar-refractivity contribution in [3.05, 3.63) is 11.3 Å². The molecule has 2 heterocycles. The first-order chi connectivity index (χ1) is 8.58. The third-order valence-corrected chi connectivity index (χ3v) is 3.50. The van der Waals surface area contributed by atoms with E-state index in [9.17, 15) is 5.11 Å². The fraction of sp³-hybridized carbons (Fsp3) is 0.750. The predicted octanol–water partition coefficient (Wildman–Crippen LogP) is -0.227. The Balaban J connectivity index is 2.34. The lowest BCUT2D eigenvalue weighted by molar-refractivity contribution is -0.0108. The molecule has 0 aromatic carbocycles. The average molecular weight is 254 g/mol. The zero-order valence-electron chi connectivity index (χ0n) is 11.3. The maximum absolute atomic E-state index is 9.24. The van der Waals surface area contributed by atoms with Crippen molar-refractivity contribution < 1.29 is 9.84 Å². The molecule has 0 aliphatic carbocycles. The van der Waals surface area contributed by atoms with Gasteiger partial charge in [-0.1, -0.05) is 0 Å². The van der Waals surface area contributed by atoms with Gasteiger partial charge < -0.3 is 20.5 Å². The number of aryl methyl sites for hydroxylation is 2. The molecule has 1 aromatic heterocycles. The van der Waals surface area contributed by atoms with E-state index in [2.05, 4.69) is 16.9 Å². The van der Waals surface area contributed by atoms with Crippen LogP contribution in [0, 0.1) is 6.92 Å². The van der Waals surface area contributed by atoms with Gasteiger partial charge in [-0.25, -0.2) is 0 Å². The van der Waals surface area contributed by atoms with Gasteiger partial charge in [-0.2, -0.15) is 5.10 Å². The van der Waals surface area contributed by atoms with Gasteiger partial charge >= 0.3 is 0 Å². The van der Waals surface area contributed by atoms with Crippen LogP contribution in [0.3, 0.4) is 0 Å². The van der Waals surface area contributed by atoms with Crippen LogP contribution in [0.2, 0.25) is 0 Å². The minimum absolute atomic E-state index is 0.0397. The van der Waals surface area contributed by atoms with Crippen molar-refractivity contribution in [3.8, 4) is 0 Å². The molecular weight excluding hydrogens is 232 g/mol. The van der Waals surface area contributed by atoms with Crippen LogP contribution in [0.25, 0.3) is 0 Å². The summed E-state index contributed by atoms with van der Waals surface area (Å²) in [4.78, 5) is 2.23. The van der Waals surface area contributed by atoms with E-state index in [-0.39, 0.29) is 18.8 Å². The molecule has 1 aromatic rings. The van der Waals surface area contributed by atoms with Crippen LogP contribution < -0.4 is 10.6 Å². The van der Waals surface area contributed by atoms with Crippen LogP contribution in [0.4, 0.5) is 5.82 Å². The molecule has 102 valence electrons. The average Bonchev–Trinajstić information content (AvgIpc) is 2.64. The summed E-state index contributed by atoms with van der Waals surface area (Å²) in [5.74, 6) is 1.05. The lowest BCUT2D eigenvalue weighted by Crippen LogP contribution is -2.50. The molecule has 1 fully saturated rings. The second kappa shape index (κ2) is 5.26. The summed E-state index contributed by atoms with van der Waals surface area (Å²) < 4.78 is 7.43. The molecule has 0 amide bonds. The van der Waals surface area contributed by atoms with Gasteiger partial charge in [0.2, 0.25) is 0 Å². The Morgan fingerprint density at radius 3 is 2.89 bits per heavy atom. The number of hydrogen-bond donors (Lipinski definition) is 2. The van der Waals surface area contributed by atoms with Crippen molar-refractivity contribution in [2.24, 2.45) is 12.8 Å². The normalized spacial score (nSPS) is 24.6. The maximum atomic E-state index is 9.24. The molecule has 0 saturated carbocycles. The number of nitrogens with two attached hydrogens (primary N) is 1. The monoisotopic (exact) mass is 254 g/mol. The third-order valence-electron chi connectivity index (χ3n) is 3.50. The van der Waals surface area contributed by atoms with E-state index in [4.69, 9.17) is 10.5 Å². The summed E-state index contributed by atoms with van der Waals surface area (Å²) >= 11 is 0. The maximum Gasteiger partial charge on any atom is 0.131 e. The zero-order valence-corrected chi connectivity index (χ0v) is 11.3. The molecule has 1 aliphatic heterocycles. The number of anilines is 1. The van der Waals surface area contributed by atoms with E-state index in [1.807, 2.05) is 18.7 Å². The van der Waals surface area contributed by atoms with Gasteiger partial charge in [0.25, 0.3) is 0 Å². The fourth-order valence-corrected chi connectivity index (χ4v) is 2.51. The van der Waals surface area contributed by atoms with Crippen molar-refractivity contribution in [1.82, 2.24) is 9.78 Å². The molecule has 1 aliphatic rings. The highest BCUT2D eigenvalue weighted by Gasteiger charge is 2.29. The molecule has 0 bridgehead atoms. The topological polar surface area (TPSA) is 76.5 Å². The van der Waals surface area contributed by atoms with Gasteiger partial charge in [-0.05, 0) is 13.8 Å². The molecule has 2 unspecified atom stereocenters.